The second-order valence-corrected chi connectivity index (χ2v) is 8.16. The maximum absolute atomic E-state index is 12.6. The van der Waals surface area contributed by atoms with Gasteiger partial charge in [-0.25, -0.2) is 8.42 Å². The predicted molar refractivity (Wildman–Crippen MR) is 86.3 cm³/mol. The SMILES string of the molecule is O=S(=O)(CC(NO)c1ccsc1)N1CCc2ccccc2C1. The van der Waals surface area contributed by atoms with Crippen LogP contribution in [0.2, 0.25) is 0 Å². The van der Waals surface area contributed by atoms with Gasteiger partial charge in [-0.3, -0.25) is 0 Å². The summed E-state index contributed by atoms with van der Waals surface area (Å²) in [5.74, 6) is -0.150. The Balaban J connectivity index is 1.76. The molecule has 1 aromatic carbocycles. The maximum Gasteiger partial charge on any atom is 0.216 e. The molecule has 0 radical (unpaired) electrons. The van der Waals surface area contributed by atoms with Gasteiger partial charge in [0, 0.05) is 13.1 Å². The van der Waals surface area contributed by atoms with Gasteiger partial charge in [0.2, 0.25) is 10.0 Å². The van der Waals surface area contributed by atoms with Crippen LogP contribution in [0.3, 0.4) is 0 Å². The first kappa shape index (κ1) is 15.6. The first-order chi connectivity index (χ1) is 10.6. The Hall–Kier alpha value is -1.25. The summed E-state index contributed by atoms with van der Waals surface area (Å²) in [5.41, 5.74) is 5.17. The van der Waals surface area contributed by atoms with Crippen molar-refractivity contribution in [1.29, 1.82) is 0 Å². The zero-order valence-electron chi connectivity index (χ0n) is 12.0. The van der Waals surface area contributed by atoms with E-state index < -0.39 is 16.1 Å². The lowest BCUT2D eigenvalue weighted by molar-refractivity contribution is 0.134. The summed E-state index contributed by atoms with van der Waals surface area (Å²) in [6, 6.07) is 9.14. The van der Waals surface area contributed by atoms with Crippen LogP contribution in [-0.4, -0.2) is 30.2 Å². The van der Waals surface area contributed by atoms with Crippen molar-refractivity contribution in [2.45, 2.75) is 19.0 Å². The van der Waals surface area contributed by atoms with Crippen LogP contribution in [0.25, 0.3) is 0 Å². The summed E-state index contributed by atoms with van der Waals surface area (Å²) < 4.78 is 26.8. The van der Waals surface area contributed by atoms with Crippen LogP contribution in [0.1, 0.15) is 22.7 Å². The predicted octanol–water partition coefficient (Wildman–Crippen LogP) is 2.16. The van der Waals surface area contributed by atoms with Gasteiger partial charge in [-0.05, 0) is 39.9 Å². The van der Waals surface area contributed by atoms with Gasteiger partial charge in [-0.1, -0.05) is 24.3 Å². The standard InChI is InChI=1S/C15H18N2O3S2/c18-16-15(14-6-8-21-10-14)11-22(19,20)17-7-5-12-3-1-2-4-13(12)9-17/h1-4,6,8,10,15-16,18H,5,7,9,11H2. The van der Waals surface area contributed by atoms with E-state index in [2.05, 4.69) is 5.48 Å². The second-order valence-electron chi connectivity index (χ2n) is 5.37. The Morgan fingerprint density at radius 1 is 1.27 bits per heavy atom. The molecule has 0 saturated heterocycles. The van der Waals surface area contributed by atoms with Crippen LogP contribution < -0.4 is 5.48 Å². The molecule has 1 aliphatic heterocycles. The van der Waals surface area contributed by atoms with E-state index in [1.165, 1.54) is 21.2 Å². The average molecular weight is 338 g/mol. The average Bonchev–Trinajstić information content (AvgIpc) is 3.06. The Bertz CT molecular complexity index is 729. The number of hydrogen-bond acceptors (Lipinski definition) is 5. The molecule has 0 bridgehead atoms. The number of thiophene rings is 1. The molecule has 1 aliphatic rings. The summed E-state index contributed by atoms with van der Waals surface area (Å²) in [4.78, 5) is 0. The molecule has 0 saturated carbocycles. The third kappa shape index (κ3) is 3.23. The van der Waals surface area contributed by atoms with E-state index >= 15 is 0 Å². The van der Waals surface area contributed by atoms with Crippen LogP contribution in [-0.2, 0) is 23.0 Å². The van der Waals surface area contributed by atoms with E-state index in [1.807, 2.05) is 41.1 Å². The van der Waals surface area contributed by atoms with Crippen molar-refractivity contribution in [2.75, 3.05) is 12.3 Å². The lowest BCUT2D eigenvalue weighted by Gasteiger charge is -2.29. The molecule has 7 heteroatoms. The van der Waals surface area contributed by atoms with Crippen molar-refractivity contribution in [3.63, 3.8) is 0 Å². The normalized spacial score (nSPS) is 17.1. The van der Waals surface area contributed by atoms with Gasteiger partial charge in [-0.2, -0.15) is 21.1 Å². The van der Waals surface area contributed by atoms with Crippen molar-refractivity contribution < 1.29 is 13.6 Å². The van der Waals surface area contributed by atoms with Crippen LogP contribution in [0, 0.1) is 0 Å². The van der Waals surface area contributed by atoms with Gasteiger partial charge in [0.15, 0.2) is 0 Å². The lowest BCUT2D eigenvalue weighted by atomic mass is 10.0. The molecule has 1 aromatic heterocycles. The fraction of sp³-hybridized carbons (Fsp3) is 0.333. The third-order valence-corrected chi connectivity index (χ3v) is 6.52. The molecule has 3 rings (SSSR count). The minimum absolute atomic E-state index is 0.150. The van der Waals surface area contributed by atoms with Gasteiger partial charge >= 0.3 is 0 Å². The number of fused-ring (bicyclic) bond motifs is 1. The summed E-state index contributed by atoms with van der Waals surface area (Å²) in [7, 11) is -3.45. The van der Waals surface area contributed by atoms with Gasteiger partial charge in [0.05, 0.1) is 11.8 Å². The number of nitrogens with one attached hydrogen (secondary N) is 1. The summed E-state index contributed by atoms with van der Waals surface area (Å²) >= 11 is 1.48. The quantitative estimate of drug-likeness (QED) is 0.820. The van der Waals surface area contributed by atoms with Crippen LogP contribution in [0.5, 0.6) is 0 Å². The topological polar surface area (TPSA) is 69.6 Å². The number of benzene rings is 1. The molecule has 1 atom stereocenters. The summed E-state index contributed by atoms with van der Waals surface area (Å²) in [5, 5.41) is 13.0. The van der Waals surface area contributed by atoms with E-state index in [0.717, 1.165) is 17.5 Å². The molecule has 0 aliphatic carbocycles. The second kappa shape index (κ2) is 6.47. The molecule has 0 amide bonds. The Labute approximate surface area is 134 Å². The van der Waals surface area contributed by atoms with Crippen LogP contribution in [0.4, 0.5) is 0 Å². The van der Waals surface area contributed by atoms with Crippen molar-refractivity contribution >= 4 is 21.4 Å². The Morgan fingerprint density at radius 2 is 2.05 bits per heavy atom. The van der Waals surface area contributed by atoms with Crippen LogP contribution in [0.15, 0.2) is 41.1 Å². The van der Waals surface area contributed by atoms with E-state index in [4.69, 9.17) is 0 Å². The van der Waals surface area contributed by atoms with E-state index in [1.54, 1.807) is 0 Å². The fourth-order valence-corrected chi connectivity index (χ4v) is 5.02. The van der Waals surface area contributed by atoms with Crippen LogP contribution >= 0.6 is 11.3 Å². The smallest absolute Gasteiger partial charge is 0.216 e. The van der Waals surface area contributed by atoms with Crippen molar-refractivity contribution in [3.05, 3.63) is 57.8 Å². The number of rotatable bonds is 5. The van der Waals surface area contributed by atoms with Crippen molar-refractivity contribution in [3.8, 4) is 0 Å². The molecule has 2 N–H and O–H groups in total. The first-order valence-corrected chi connectivity index (χ1v) is 9.61. The molecule has 118 valence electrons. The fourth-order valence-electron chi connectivity index (χ4n) is 2.70. The summed E-state index contributed by atoms with van der Waals surface area (Å²) in [6.07, 6.45) is 0.727. The van der Waals surface area contributed by atoms with E-state index in [0.29, 0.717) is 13.1 Å². The van der Waals surface area contributed by atoms with E-state index in [9.17, 15) is 13.6 Å². The highest BCUT2D eigenvalue weighted by atomic mass is 32.2. The summed E-state index contributed by atoms with van der Waals surface area (Å²) in [6.45, 7) is 0.890. The molecule has 2 aromatic rings. The highest BCUT2D eigenvalue weighted by molar-refractivity contribution is 7.89. The van der Waals surface area contributed by atoms with Gasteiger partial charge < -0.3 is 5.21 Å². The molecule has 2 heterocycles. The molecule has 22 heavy (non-hydrogen) atoms. The number of sulfonamides is 1. The number of nitrogens with zero attached hydrogens (tertiary/aromatic N) is 1. The molecule has 0 spiro atoms. The number of hydroxylamine groups is 1. The molecular weight excluding hydrogens is 320 g/mol. The highest BCUT2D eigenvalue weighted by Gasteiger charge is 2.29. The Kier molecular flexibility index (Phi) is 4.60. The molecule has 1 unspecified atom stereocenters. The first-order valence-electron chi connectivity index (χ1n) is 7.06. The van der Waals surface area contributed by atoms with Gasteiger partial charge in [0.25, 0.3) is 0 Å². The monoisotopic (exact) mass is 338 g/mol. The maximum atomic E-state index is 12.6. The minimum Gasteiger partial charge on any atom is -0.316 e. The lowest BCUT2D eigenvalue weighted by Crippen LogP contribution is -2.40. The zero-order chi connectivity index (χ0) is 15.6. The molecular formula is C15H18N2O3S2. The highest BCUT2D eigenvalue weighted by Crippen LogP contribution is 2.24. The van der Waals surface area contributed by atoms with Gasteiger partial charge in [-0.15, -0.1) is 0 Å². The van der Waals surface area contributed by atoms with Crippen molar-refractivity contribution in [1.82, 2.24) is 9.79 Å². The van der Waals surface area contributed by atoms with E-state index in [-0.39, 0.29) is 5.75 Å². The number of hydrogen-bond donors (Lipinski definition) is 2. The third-order valence-electron chi connectivity index (χ3n) is 3.97. The Morgan fingerprint density at radius 3 is 2.73 bits per heavy atom. The minimum atomic E-state index is -3.45. The van der Waals surface area contributed by atoms with Crippen molar-refractivity contribution in [2.24, 2.45) is 0 Å². The molecule has 5 nitrogen and oxygen atoms in total. The largest absolute Gasteiger partial charge is 0.316 e. The van der Waals surface area contributed by atoms with Gasteiger partial charge in [0.1, 0.15) is 0 Å². The molecule has 0 fully saturated rings. The zero-order valence-corrected chi connectivity index (χ0v) is 13.6.